The molecule has 2 aliphatic heterocycles. The summed E-state index contributed by atoms with van der Waals surface area (Å²) in [5, 5.41) is 3.02. The fourth-order valence-electron chi connectivity index (χ4n) is 7.42. The molecule has 7 nitrogen and oxygen atoms in total. The molecule has 0 saturated carbocycles. The first kappa shape index (κ1) is 27.0. The third kappa shape index (κ3) is 3.82. The van der Waals surface area contributed by atoms with Gasteiger partial charge in [0.1, 0.15) is 11.2 Å². The lowest BCUT2D eigenvalue weighted by atomic mass is 10.0. The second-order valence-corrected chi connectivity index (χ2v) is 12.5. The van der Waals surface area contributed by atoms with Gasteiger partial charge in [-0.25, -0.2) is 9.97 Å². The lowest BCUT2D eigenvalue weighted by Gasteiger charge is -2.38. The van der Waals surface area contributed by atoms with E-state index in [9.17, 15) is 0 Å². The maximum absolute atomic E-state index is 6.90. The number of para-hydroxylation sites is 6. The summed E-state index contributed by atoms with van der Waals surface area (Å²) in [5.41, 5.74) is 9.27. The summed E-state index contributed by atoms with van der Waals surface area (Å²) < 4.78 is 15.7. The number of hydrogen-bond donors (Lipinski definition) is 0. The molecule has 6 aromatic carbocycles. The summed E-state index contributed by atoms with van der Waals surface area (Å²) in [7, 11) is 0. The Balaban J connectivity index is 1.20. The highest BCUT2D eigenvalue weighted by Gasteiger charge is 2.37. The van der Waals surface area contributed by atoms with E-state index in [1.54, 1.807) is 0 Å². The molecule has 234 valence electrons. The fraction of sp³-hybridized carbons (Fsp3) is 0. The first-order chi connectivity index (χ1) is 24.8. The van der Waals surface area contributed by atoms with Crippen LogP contribution >= 0.6 is 0 Å². The van der Waals surface area contributed by atoms with Crippen molar-refractivity contribution in [3.63, 3.8) is 0 Å². The zero-order valence-corrected chi connectivity index (χ0v) is 26.5. The molecule has 0 saturated heterocycles. The molecule has 0 fully saturated rings. The lowest BCUT2D eigenvalue weighted by Crippen LogP contribution is -2.20. The highest BCUT2D eigenvalue weighted by atomic mass is 16.5. The topological polar surface area (TPSA) is 65.3 Å². The molecule has 0 N–H and O–H groups in total. The first-order valence-corrected chi connectivity index (χ1v) is 16.5. The zero-order chi connectivity index (χ0) is 32.8. The maximum Gasteiger partial charge on any atom is 0.235 e. The van der Waals surface area contributed by atoms with Crippen LogP contribution in [0, 0.1) is 0 Å². The summed E-state index contributed by atoms with van der Waals surface area (Å²) in [5.74, 6) is 3.54. The van der Waals surface area contributed by atoms with Crippen LogP contribution in [0.5, 0.6) is 23.0 Å². The molecular weight excluding hydrogens is 619 g/mol. The van der Waals surface area contributed by atoms with Crippen molar-refractivity contribution in [1.29, 1.82) is 0 Å². The minimum Gasteiger partial charge on any atom is -0.453 e. The van der Waals surface area contributed by atoms with E-state index in [2.05, 4.69) is 87.2 Å². The van der Waals surface area contributed by atoms with E-state index in [1.165, 1.54) is 0 Å². The molecule has 50 heavy (non-hydrogen) atoms. The van der Waals surface area contributed by atoms with Gasteiger partial charge in [0.25, 0.3) is 0 Å². The van der Waals surface area contributed by atoms with E-state index in [0.29, 0.717) is 11.7 Å². The van der Waals surface area contributed by atoms with Crippen LogP contribution < -0.4 is 14.4 Å². The zero-order valence-electron chi connectivity index (χ0n) is 26.5. The summed E-state index contributed by atoms with van der Waals surface area (Å²) in [6, 6.07) is 49.3. The molecule has 7 heteroatoms. The molecule has 3 aromatic heterocycles. The number of rotatable bonds is 3. The average Bonchev–Trinajstić information content (AvgIpc) is 3.52. The van der Waals surface area contributed by atoms with Crippen LogP contribution in [0.3, 0.4) is 0 Å². The molecule has 0 atom stereocenters. The standard InChI is InChI=1S/C43H25N5O2/c1-3-14-32-29(12-1)39(27-22-20-26(21-23-27)31-13-9-10-24-44-31)46-43(45-32)48-33-15-4-2-11-28(33)30-25-38-41-42(40(30)48)50-37-19-8-6-17-35(37)47(41)34-16-5-7-18-36(34)49-38/h1-25H. The number of ether oxygens (including phenoxy) is 2. The number of hydrogen-bond acceptors (Lipinski definition) is 6. The molecular formula is C43H25N5O2. The van der Waals surface area contributed by atoms with E-state index in [1.807, 2.05) is 79.0 Å². The van der Waals surface area contributed by atoms with Crippen molar-refractivity contribution in [3.05, 3.63) is 152 Å². The van der Waals surface area contributed by atoms with Gasteiger partial charge in [-0.15, -0.1) is 0 Å². The predicted molar refractivity (Wildman–Crippen MR) is 197 cm³/mol. The second kappa shape index (κ2) is 10.3. The van der Waals surface area contributed by atoms with Gasteiger partial charge in [0.15, 0.2) is 23.0 Å². The molecule has 11 rings (SSSR count). The van der Waals surface area contributed by atoms with Crippen LogP contribution in [0.25, 0.3) is 61.2 Å². The van der Waals surface area contributed by atoms with Gasteiger partial charge in [-0.05, 0) is 54.6 Å². The molecule has 5 heterocycles. The van der Waals surface area contributed by atoms with Crippen LogP contribution in [0.2, 0.25) is 0 Å². The molecule has 0 unspecified atom stereocenters. The monoisotopic (exact) mass is 643 g/mol. The van der Waals surface area contributed by atoms with Crippen LogP contribution in [0.1, 0.15) is 0 Å². The van der Waals surface area contributed by atoms with Crippen molar-refractivity contribution in [1.82, 2.24) is 19.5 Å². The van der Waals surface area contributed by atoms with Gasteiger partial charge < -0.3 is 9.47 Å². The number of pyridine rings is 1. The van der Waals surface area contributed by atoms with Crippen LogP contribution in [0.4, 0.5) is 17.1 Å². The van der Waals surface area contributed by atoms with Crippen molar-refractivity contribution in [2.75, 3.05) is 4.90 Å². The van der Waals surface area contributed by atoms with Gasteiger partial charge in [0.05, 0.1) is 33.8 Å². The van der Waals surface area contributed by atoms with Crippen LogP contribution in [-0.4, -0.2) is 19.5 Å². The van der Waals surface area contributed by atoms with E-state index in [0.717, 1.165) is 89.5 Å². The number of fused-ring (bicyclic) bond motifs is 9. The second-order valence-electron chi connectivity index (χ2n) is 12.5. The quantitative estimate of drug-likeness (QED) is 0.191. The van der Waals surface area contributed by atoms with E-state index < -0.39 is 0 Å². The smallest absolute Gasteiger partial charge is 0.235 e. The van der Waals surface area contributed by atoms with Crippen molar-refractivity contribution in [3.8, 4) is 51.5 Å². The largest absolute Gasteiger partial charge is 0.453 e. The van der Waals surface area contributed by atoms with Gasteiger partial charge in [0, 0.05) is 33.5 Å². The van der Waals surface area contributed by atoms with Crippen LogP contribution in [-0.2, 0) is 0 Å². The first-order valence-electron chi connectivity index (χ1n) is 16.5. The Kier molecular flexibility index (Phi) is 5.54. The van der Waals surface area contributed by atoms with Gasteiger partial charge in [0.2, 0.25) is 5.95 Å². The minimum absolute atomic E-state index is 0.557. The fourth-order valence-corrected chi connectivity index (χ4v) is 7.42. The van der Waals surface area contributed by atoms with Gasteiger partial charge in [-0.1, -0.05) is 91.0 Å². The maximum atomic E-state index is 6.90. The third-order valence-corrected chi connectivity index (χ3v) is 9.63. The number of anilines is 3. The molecule has 0 spiro atoms. The summed E-state index contributed by atoms with van der Waals surface area (Å²) >= 11 is 0. The van der Waals surface area contributed by atoms with E-state index >= 15 is 0 Å². The molecule has 0 aliphatic carbocycles. The van der Waals surface area contributed by atoms with Crippen LogP contribution in [0.15, 0.2) is 152 Å². The highest BCUT2D eigenvalue weighted by molar-refractivity contribution is 6.15. The molecule has 0 bridgehead atoms. The van der Waals surface area contributed by atoms with Crippen molar-refractivity contribution in [2.45, 2.75) is 0 Å². The molecule has 9 aromatic rings. The van der Waals surface area contributed by atoms with E-state index in [-0.39, 0.29) is 0 Å². The van der Waals surface area contributed by atoms with Gasteiger partial charge >= 0.3 is 0 Å². The summed E-state index contributed by atoms with van der Waals surface area (Å²) in [4.78, 5) is 17.4. The summed E-state index contributed by atoms with van der Waals surface area (Å²) in [6.45, 7) is 0. The minimum atomic E-state index is 0.557. The van der Waals surface area contributed by atoms with E-state index in [4.69, 9.17) is 19.4 Å². The third-order valence-electron chi connectivity index (χ3n) is 9.63. The Morgan fingerprint density at radius 2 is 1.20 bits per heavy atom. The summed E-state index contributed by atoms with van der Waals surface area (Å²) in [6.07, 6.45) is 1.82. The number of benzene rings is 6. The van der Waals surface area contributed by atoms with Crippen molar-refractivity contribution < 1.29 is 9.47 Å². The van der Waals surface area contributed by atoms with Crippen molar-refractivity contribution >= 4 is 49.8 Å². The Bertz CT molecular complexity index is 2820. The molecule has 0 radical (unpaired) electrons. The Labute approximate surface area is 286 Å². The normalized spacial score (nSPS) is 12.7. The molecule has 2 aliphatic rings. The predicted octanol–water partition coefficient (Wildman–Crippen LogP) is 11.1. The highest BCUT2D eigenvalue weighted by Crippen LogP contribution is 2.62. The van der Waals surface area contributed by atoms with Gasteiger partial charge in [-0.2, -0.15) is 0 Å². The Morgan fingerprint density at radius 1 is 0.520 bits per heavy atom. The lowest BCUT2D eigenvalue weighted by molar-refractivity contribution is 0.449. The number of nitrogens with zero attached hydrogens (tertiary/aromatic N) is 5. The van der Waals surface area contributed by atoms with Gasteiger partial charge in [-0.3, -0.25) is 14.5 Å². The average molecular weight is 644 g/mol. The molecule has 0 amide bonds. The SMILES string of the molecule is c1ccc(-c2ccc(-c3nc(-n4c5ccccc5c5cc6c7c(c54)Oc4ccccc4N7c4ccccc4O6)nc4ccccc34)cc2)nc1. The number of aromatic nitrogens is 4. The Morgan fingerprint density at radius 3 is 2.00 bits per heavy atom. The Hall–Kier alpha value is -6.99. The van der Waals surface area contributed by atoms with Crippen molar-refractivity contribution in [2.24, 2.45) is 0 Å².